The quantitative estimate of drug-likeness (QED) is 0.789. The molecule has 9 heteroatoms. The number of piperazine rings is 1. The highest BCUT2D eigenvalue weighted by atomic mass is 35.5. The third-order valence-corrected chi connectivity index (χ3v) is 6.69. The Morgan fingerprint density at radius 3 is 2.50 bits per heavy atom. The van der Waals surface area contributed by atoms with Gasteiger partial charge in [-0.1, -0.05) is 23.7 Å². The maximum atomic E-state index is 13.0. The lowest BCUT2D eigenvalue weighted by Gasteiger charge is -2.35. The van der Waals surface area contributed by atoms with Crippen molar-refractivity contribution in [3.8, 4) is 6.01 Å². The summed E-state index contributed by atoms with van der Waals surface area (Å²) in [6.45, 7) is 5.40. The fraction of sp³-hybridized carbons (Fsp3) is 0.412. The Hall–Kier alpha value is -1.90. The second kappa shape index (κ2) is 7.38. The van der Waals surface area contributed by atoms with Gasteiger partial charge in [0, 0.05) is 26.2 Å². The van der Waals surface area contributed by atoms with E-state index in [0.29, 0.717) is 41.9 Å². The molecule has 0 aliphatic carbocycles. The molecule has 0 saturated carbocycles. The predicted octanol–water partition coefficient (Wildman–Crippen LogP) is 2.27. The van der Waals surface area contributed by atoms with E-state index in [2.05, 4.69) is 9.97 Å². The van der Waals surface area contributed by atoms with Gasteiger partial charge in [-0.25, -0.2) is 13.4 Å². The molecule has 0 N–H and O–H groups in total. The molecule has 0 bridgehead atoms. The lowest BCUT2D eigenvalue weighted by atomic mass is 10.2. The zero-order valence-electron chi connectivity index (χ0n) is 14.9. The molecule has 2 heterocycles. The second-order valence-electron chi connectivity index (χ2n) is 6.19. The first-order valence-corrected chi connectivity index (χ1v) is 10.0. The minimum Gasteiger partial charge on any atom is -0.467 e. The van der Waals surface area contributed by atoms with Gasteiger partial charge in [0.15, 0.2) is 5.82 Å². The molecule has 1 aliphatic heterocycles. The molecule has 0 spiro atoms. The Bertz CT molecular complexity index is 912. The number of sulfonamides is 1. The van der Waals surface area contributed by atoms with E-state index < -0.39 is 10.0 Å². The largest absolute Gasteiger partial charge is 0.467 e. The van der Waals surface area contributed by atoms with Crippen molar-refractivity contribution in [2.45, 2.75) is 18.7 Å². The number of halogens is 1. The molecule has 26 heavy (non-hydrogen) atoms. The smallest absolute Gasteiger partial charge is 0.318 e. The first kappa shape index (κ1) is 18.9. The number of ether oxygens (including phenoxy) is 1. The number of nitrogens with zero attached hydrogens (tertiary/aromatic N) is 4. The molecule has 1 aromatic heterocycles. The molecule has 0 unspecified atom stereocenters. The number of hydrogen-bond donors (Lipinski definition) is 0. The van der Waals surface area contributed by atoms with Crippen LogP contribution < -0.4 is 9.64 Å². The van der Waals surface area contributed by atoms with E-state index in [1.165, 1.54) is 17.6 Å². The van der Waals surface area contributed by atoms with E-state index in [0.717, 1.165) is 11.1 Å². The number of rotatable bonds is 4. The lowest BCUT2D eigenvalue weighted by Crippen LogP contribution is -2.49. The van der Waals surface area contributed by atoms with E-state index in [4.69, 9.17) is 16.3 Å². The molecule has 0 amide bonds. The first-order chi connectivity index (χ1) is 12.3. The highest BCUT2D eigenvalue weighted by Gasteiger charge is 2.30. The Morgan fingerprint density at radius 1 is 1.15 bits per heavy atom. The molecule has 0 atom stereocenters. The average Bonchev–Trinajstić information content (AvgIpc) is 2.64. The summed E-state index contributed by atoms with van der Waals surface area (Å²) < 4.78 is 32.6. The standard InChI is InChI=1S/C17H21ClN4O3S/c1-12-4-5-13(2)15(10-12)26(23,24)22-8-6-21(7-9-22)16-14(18)11-19-17(20-16)25-3/h4-5,10-11H,6-9H2,1-3H3. The van der Waals surface area contributed by atoms with Gasteiger partial charge in [-0.3, -0.25) is 0 Å². The van der Waals surface area contributed by atoms with E-state index in [1.54, 1.807) is 6.07 Å². The number of benzene rings is 1. The van der Waals surface area contributed by atoms with Crippen LogP contribution in [0.4, 0.5) is 5.82 Å². The highest BCUT2D eigenvalue weighted by molar-refractivity contribution is 7.89. The van der Waals surface area contributed by atoms with Crippen molar-refractivity contribution < 1.29 is 13.2 Å². The van der Waals surface area contributed by atoms with Crippen LogP contribution >= 0.6 is 11.6 Å². The van der Waals surface area contributed by atoms with Gasteiger partial charge < -0.3 is 9.64 Å². The first-order valence-electron chi connectivity index (χ1n) is 8.22. The zero-order valence-corrected chi connectivity index (χ0v) is 16.5. The lowest BCUT2D eigenvalue weighted by molar-refractivity contribution is 0.371. The SMILES string of the molecule is COc1ncc(Cl)c(N2CCN(S(=O)(=O)c3cc(C)ccc3C)CC2)n1. The van der Waals surface area contributed by atoms with Crippen LogP contribution in [-0.4, -0.2) is 56.0 Å². The monoisotopic (exact) mass is 396 g/mol. The molecule has 2 aromatic rings. The van der Waals surface area contributed by atoms with Gasteiger partial charge in [0.1, 0.15) is 5.02 Å². The molecule has 1 aliphatic rings. The minimum atomic E-state index is -3.53. The molecule has 140 valence electrons. The Morgan fingerprint density at radius 2 is 1.85 bits per heavy atom. The van der Waals surface area contributed by atoms with Crippen molar-refractivity contribution in [1.82, 2.24) is 14.3 Å². The van der Waals surface area contributed by atoms with Crippen LogP contribution in [0, 0.1) is 13.8 Å². The van der Waals surface area contributed by atoms with Gasteiger partial charge in [0.2, 0.25) is 10.0 Å². The van der Waals surface area contributed by atoms with Gasteiger partial charge in [-0.15, -0.1) is 0 Å². The summed E-state index contributed by atoms with van der Waals surface area (Å²) in [7, 11) is -2.04. The average molecular weight is 397 g/mol. The summed E-state index contributed by atoms with van der Waals surface area (Å²) >= 11 is 6.19. The number of methoxy groups -OCH3 is 1. The molecule has 7 nitrogen and oxygen atoms in total. The number of aryl methyl sites for hydroxylation is 2. The normalized spacial score (nSPS) is 15.9. The topological polar surface area (TPSA) is 75.6 Å². The number of aromatic nitrogens is 2. The summed E-state index contributed by atoms with van der Waals surface area (Å²) in [5, 5.41) is 0.414. The number of hydrogen-bond acceptors (Lipinski definition) is 6. The molecule has 3 rings (SSSR count). The van der Waals surface area contributed by atoms with Crippen molar-refractivity contribution in [2.75, 3.05) is 38.2 Å². The molecule has 0 radical (unpaired) electrons. The third kappa shape index (κ3) is 3.62. The van der Waals surface area contributed by atoms with Gasteiger partial charge in [-0.2, -0.15) is 9.29 Å². The highest BCUT2D eigenvalue weighted by Crippen LogP contribution is 2.27. The van der Waals surface area contributed by atoms with Crippen LogP contribution in [0.2, 0.25) is 5.02 Å². The summed E-state index contributed by atoms with van der Waals surface area (Å²) in [6, 6.07) is 5.71. The van der Waals surface area contributed by atoms with E-state index in [1.807, 2.05) is 30.9 Å². The van der Waals surface area contributed by atoms with Crippen LogP contribution in [0.5, 0.6) is 6.01 Å². The Kier molecular flexibility index (Phi) is 5.36. The van der Waals surface area contributed by atoms with E-state index in [9.17, 15) is 8.42 Å². The van der Waals surface area contributed by atoms with Crippen LogP contribution in [-0.2, 0) is 10.0 Å². The fourth-order valence-electron chi connectivity index (χ4n) is 2.93. The van der Waals surface area contributed by atoms with Crippen LogP contribution in [0.15, 0.2) is 29.3 Å². The fourth-order valence-corrected chi connectivity index (χ4v) is 4.87. The summed E-state index contributed by atoms with van der Waals surface area (Å²) in [5.74, 6) is 0.558. The Balaban J connectivity index is 1.79. The molecule has 1 fully saturated rings. The maximum absolute atomic E-state index is 13.0. The summed E-state index contributed by atoms with van der Waals surface area (Å²) in [5.41, 5.74) is 1.68. The van der Waals surface area contributed by atoms with Crippen molar-refractivity contribution in [3.63, 3.8) is 0 Å². The van der Waals surface area contributed by atoms with Crippen molar-refractivity contribution >= 4 is 27.4 Å². The van der Waals surface area contributed by atoms with Crippen LogP contribution in [0.1, 0.15) is 11.1 Å². The van der Waals surface area contributed by atoms with Crippen LogP contribution in [0.25, 0.3) is 0 Å². The van der Waals surface area contributed by atoms with E-state index in [-0.39, 0.29) is 6.01 Å². The summed E-state index contributed by atoms with van der Waals surface area (Å²) in [6.07, 6.45) is 1.49. The molecule has 1 saturated heterocycles. The molecule has 1 aromatic carbocycles. The van der Waals surface area contributed by atoms with Gasteiger partial charge in [0.05, 0.1) is 18.2 Å². The summed E-state index contributed by atoms with van der Waals surface area (Å²) in [4.78, 5) is 10.6. The van der Waals surface area contributed by atoms with Gasteiger partial charge in [0.25, 0.3) is 0 Å². The maximum Gasteiger partial charge on any atom is 0.318 e. The second-order valence-corrected chi connectivity index (χ2v) is 8.50. The van der Waals surface area contributed by atoms with Gasteiger partial charge in [-0.05, 0) is 31.0 Å². The minimum absolute atomic E-state index is 0.231. The van der Waals surface area contributed by atoms with Crippen molar-refractivity contribution in [1.29, 1.82) is 0 Å². The predicted molar refractivity (Wildman–Crippen MR) is 100 cm³/mol. The van der Waals surface area contributed by atoms with Crippen molar-refractivity contribution in [2.24, 2.45) is 0 Å². The van der Waals surface area contributed by atoms with Gasteiger partial charge >= 0.3 is 6.01 Å². The number of anilines is 1. The Labute approximate surface area is 158 Å². The van der Waals surface area contributed by atoms with Crippen LogP contribution in [0.3, 0.4) is 0 Å². The zero-order chi connectivity index (χ0) is 18.9. The molecular weight excluding hydrogens is 376 g/mol. The van der Waals surface area contributed by atoms with E-state index >= 15 is 0 Å². The van der Waals surface area contributed by atoms with Crippen molar-refractivity contribution in [3.05, 3.63) is 40.5 Å². The molecular formula is C17H21ClN4O3S. The third-order valence-electron chi connectivity index (χ3n) is 4.39.